The monoisotopic (exact) mass is 274 g/mol. The zero-order chi connectivity index (χ0) is 14.7. The van der Waals surface area contributed by atoms with E-state index in [4.69, 9.17) is 5.11 Å². The van der Waals surface area contributed by atoms with Crippen LogP contribution in [0.1, 0.15) is 28.4 Å². The molecule has 0 radical (unpaired) electrons. The molecule has 2 aromatic rings. The number of carboxylic acids is 1. The SMILES string of the molecule is CCc1ccc(Cn2cc(C(=O)O)c(=O)[nH]c2=O)cc1. The number of nitrogens with one attached hydrogen (secondary N) is 1. The predicted octanol–water partition coefficient (Wildman–Crippen LogP) is 0.845. The molecule has 104 valence electrons. The van der Waals surface area contributed by atoms with Gasteiger partial charge in [0.1, 0.15) is 5.56 Å². The van der Waals surface area contributed by atoms with Crippen molar-refractivity contribution in [2.24, 2.45) is 0 Å². The van der Waals surface area contributed by atoms with Crippen LogP contribution in [0.5, 0.6) is 0 Å². The van der Waals surface area contributed by atoms with E-state index in [1.165, 1.54) is 10.1 Å². The van der Waals surface area contributed by atoms with Crippen LogP contribution in [0, 0.1) is 0 Å². The van der Waals surface area contributed by atoms with Crippen molar-refractivity contribution in [2.45, 2.75) is 19.9 Å². The lowest BCUT2D eigenvalue weighted by atomic mass is 10.1. The molecule has 6 heteroatoms. The Hall–Kier alpha value is -2.63. The van der Waals surface area contributed by atoms with Crippen LogP contribution in [0.25, 0.3) is 0 Å². The molecule has 0 unspecified atom stereocenters. The molecular weight excluding hydrogens is 260 g/mol. The Morgan fingerprint density at radius 2 is 1.80 bits per heavy atom. The molecule has 0 fully saturated rings. The molecule has 0 atom stereocenters. The summed E-state index contributed by atoms with van der Waals surface area (Å²) in [5, 5.41) is 8.88. The number of aromatic amines is 1. The first-order valence-corrected chi connectivity index (χ1v) is 6.16. The quantitative estimate of drug-likeness (QED) is 0.864. The van der Waals surface area contributed by atoms with Gasteiger partial charge in [-0.2, -0.15) is 0 Å². The molecule has 2 N–H and O–H groups in total. The molecule has 1 aromatic heterocycles. The molecule has 1 heterocycles. The average Bonchev–Trinajstić information content (AvgIpc) is 2.42. The second kappa shape index (κ2) is 5.56. The average molecular weight is 274 g/mol. The number of hydrogen-bond acceptors (Lipinski definition) is 3. The van der Waals surface area contributed by atoms with E-state index in [-0.39, 0.29) is 6.54 Å². The summed E-state index contributed by atoms with van der Waals surface area (Å²) in [4.78, 5) is 35.9. The molecule has 6 nitrogen and oxygen atoms in total. The van der Waals surface area contributed by atoms with Crippen LogP contribution in [0.15, 0.2) is 40.1 Å². The third kappa shape index (κ3) is 2.85. The number of benzene rings is 1. The molecule has 0 spiro atoms. The summed E-state index contributed by atoms with van der Waals surface area (Å²) >= 11 is 0. The van der Waals surface area contributed by atoms with E-state index in [2.05, 4.69) is 0 Å². The summed E-state index contributed by atoms with van der Waals surface area (Å²) in [6, 6.07) is 7.64. The Morgan fingerprint density at radius 3 is 2.35 bits per heavy atom. The van der Waals surface area contributed by atoms with Gasteiger partial charge >= 0.3 is 11.7 Å². The van der Waals surface area contributed by atoms with Gasteiger partial charge in [-0.05, 0) is 17.5 Å². The largest absolute Gasteiger partial charge is 0.477 e. The first kappa shape index (κ1) is 13.8. The Morgan fingerprint density at radius 1 is 1.20 bits per heavy atom. The molecule has 0 aliphatic heterocycles. The molecule has 0 amide bonds. The number of hydrogen-bond donors (Lipinski definition) is 2. The summed E-state index contributed by atoms with van der Waals surface area (Å²) in [7, 11) is 0. The second-order valence-electron chi connectivity index (χ2n) is 4.41. The Kier molecular flexibility index (Phi) is 3.84. The standard InChI is InChI=1S/C14H14N2O4/c1-2-9-3-5-10(6-4-9)7-16-8-11(13(18)19)12(17)15-14(16)20/h3-6,8H,2,7H2,1H3,(H,18,19)(H,15,17,20). The van der Waals surface area contributed by atoms with Crippen LogP contribution in [-0.4, -0.2) is 20.6 Å². The van der Waals surface area contributed by atoms with Crippen molar-refractivity contribution in [3.8, 4) is 0 Å². The minimum atomic E-state index is -1.36. The van der Waals surface area contributed by atoms with Crippen LogP contribution in [0.3, 0.4) is 0 Å². The van der Waals surface area contributed by atoms with Gasteiger partial charge in [0.25, 0.3) is 5.56 Å². The molecule has 0 aliphatic carbocycles. The number of aromatic carboxylic acids is 1. The van der Waals surface area contributed by atoms with E-state index in [0.29, 0.717) is 0 Å². The van der Waals surface area contributed by atoms with Crippen LogP contribution < -0.4 is 11.2 Å². The number of rotatable bonds is 4. The summed E-state index contributed by atoms with van der Waals surface area (Å²) < 4.78 is 1.17. The first-order chi connectivity index (χ1) is 9.51. The topological polar surface area (TPSA) is 92.2 Å². The summed E-state index contributed by atoms with van der Waals surface area (Å²) in [6.45, 7) is 2.25. The minimum Gasteiger partial charge on any atom is -0.477 e. The van der Waals surface area contributed by atoms with Gasteiger partial charge in [-0.3, -0.25) is 14.3 Å². The highest BCUT2D eigenvalue weighted by molar-refractivity contribution is 5.86. The van der Waals surface area contributed by atoms with Gasteiger partial charge < -0.3 is 5.11 Å². The maximum absolute atomic E-state index is 11.7. The predicted molar refractivity (Wildman–Crippen MR) is 73.2 cm³/mol. The second-order valence-corrected chi connectivity index (χ2v) is 4.41. The third-order valence-corrected chi connectivity index (χ3v) is 3.03. The lowest BCUT2D eigenvalue weighted by Gasteiger charge is -2.07. The number of carbonyl (C=O) groups is 1. The summed E-state index contributed by atoms with van der Waals surface area (Å²) in [5.74, 6) is -1.36. The van der Waals surface area contributed by atoms with E-state index < -0.39 is 22.8 Å². The number of aryl methyl sites for hydroxylation is 1. The normalized spacial score (nSPS) is 10.4. The van der Waals surface area contributed by atoms with Crippen molar-refractivity contribution in [3.63, 3.8) is 0 Å². The van der Waals surface area contributed by atoms with Crippen molar-refractivity contribution in [1.82, 2.24) is 9.55 Å². The van der Waals surface area contributed by atoms with Crippen molar-refractivity contribution >= 4 is 5.97 Å². The fourth-order valence-corrected chi connectivity index (χ4v) is 1.86. The number of H-pyrrole nitrogens is 1. The van der Waals surface area contributed by atoms with Crippen molar-refractivity contribution in [1.29, 1.82) is 0 Å². The minimum absolute atomic E-state index is 0.208. The highest BCUT2D eigenvalue weighted by atomic mass is 16.4. The van der Waals surface area contributed by atoms with Crippen LogP contribution in [0.4, 0.5) is 0 Å². The van der Waals surface area contributed by atoms with E-state index in [1.54, 1.807) is 0 Å². The highest BCUT2D eigenvalue weighted by Crippen LogP contribution is 2.06. The Labute approximate surface area is 114 Å². The highest BCUT2D eigenvalue weighted by Gasteiger charge is 2.11. The molecule has 0 saturated carbocycles. The molecular formula is C14H14N2O4. The van der Waals surface area contributed by atoms with Crippen LogP contribution in [0.2, 0.25) is 0 Å². The van der Waals surface area contributed by atoms with Crippen molar-refractivity contribution in [3.05, 3.63) is 68.0 Å². The summed E-state index contributed by atoms with van der Waals surface area (Å²) in [6.07, 6.45) is 1.99. The van der Waals surface area contributed by atoms with Gasteiger partial charge in [-0.1, -0.05) is 31.2 Å². The molecule has 20 heavy (non-hydrogen) atoms. The number of nitrogens with zero attached hydrogens (tertiary/aromatic N) is 1. The van der Waals surface area contributed by atoms with Gasteiger partial charge in [-0.15, -0.1) is 0 Å². The van der Waals surface area contributed by atoms with Gasteiger partial charge in [0.05, 0.1) is 6.54 Å². The van der Waals surface area contributed by atoms with Crippen LogP contribution >= 0.6 is 0 Å². The van der Waals surface area contributed by atoms with Crippen molar-refractivity contribution < 1.29 is 9.90 Å². The lowest BCUT2D eigenvalue weighted by molar-refractivity contribution is 0.0693. The van der Waals surface area contributed by atoms with Crippen LogP contribution in [-0.2, 0) is 13.0 Å². The Balaban J connectivity index is 2.37. The van der Waals surface area contributed by atoms with Gasteiger partial charge in [0, 0.05) is 6.20 Å². The van der Waals surface area contributed by atoms with E-state index in [9.17, 15) is 14.4 Å². The number of carboxylic acid groups (broad SMARTS) is 1. The molecule has 0 saturated heterocycles. The molecule has 0 bridgehead atoms. The van der Waals surface area contributed by atoms with E-state index in [1.807, 2.05) is 36.2 Å². The zero-order valence-electron chi connectivity index (χ0n) is 10.9. The first-order valence-electron chi connectivity index (χ1n) is 6.16. The smallest absolute Gasteiger partial charge is 0.342 e. The van der Waals surface area contributed by atoms with Gasteiger partial charge in [-0.25, -0.2) is 9.59 Å². The fourth-order valence-electron chi connectivity index (χ4n) is 1.86. The molecule has 0 aliphatic rings. The van der Waals surface area contributed by atoms with E-state index in [0.717, 1.165) is 18.2 Å². The maximum atomic E-state index is 11.7. The van der Waals surface area contributed by atoms with E-state index >= 15 is 0 Å². The van der Waals surface area contributed by atoms with Crippen molar-refractivity contribution in [2.75, 3.05) is 0 Å². The molecule has 1 aromatic carbocycles. The zero-order valence-corrected chi connectivity index (χ0v) is 10.9. The van der Waals surface area contributed by atoms with Gasteiger partial charge in [0.15, 0.2) is 0 Å². The Bertz CT molecular complexity index is 741. The summed E-state index contributed by atoms with van der Waals surface area (Å²) in [5.41, 5.74) is 0.0657. The fraction of sp³-hybridized carbons (Fsp3) is 0.214. The third-order valence-electron chi connectivity index (χ3n) is 3.03. The molecule has 2 rings (SSSR count). The van der Waals surface area contributed by atoms with Gasteiger partial charge in [0.2, 0.25) is 0 Å². The maximum Gasteiger partial charge on any atom is 0.342 e. The lowest BCUT2D eigenvalue weighted by Crippen LogP contribution is -2.33. The number of aromatic nitrogens is 2.